The second-order valence-corrected chi connectivity index (χ2v) is 8.37. The first kappa shape index (κ1) is 17.8. The number of nitrogens with zero attached hydrogens (tertiary/aromatic N) is 2. The molecule has 0 amide bonds. The van der Waals surface area contributed by atoms with Gasteiger partial charge in [0.05, 0.1) is 16.8 Å². The summed E-state index contributed by atoms with van der Waals surface area (Å²) in [5, 5.41) is 9.43. The van der Waals surface area contributed by atoms with Crippen LogP contribution in [0.25, 0.3) is 0 Å². The van der Waals surface area contributed by atoms with Gasteiger partial charge in [0.25, 0.3) is 0 Å². The van der Waals surface area contributed by atoms with Crippen molar-refractivity contribution in [2.24, 2.45) is 16.6 Å². The highest BCUT2D eigenvalue weighted by molar-refractivity contribution is 6.31. The van der Waals surface area contributed by atoms with Crippen molar-refractivity contribution in [3.8, 4) is 11.8 Å². The summed E-state index contributed by atoms with van der Waals surface area (Å²) in [5.74, 6) is 0.687. The van der Waals surface area contributed by atoms with Gasteiger partial charge in [-0.05, 0) is 24.3 Å². The second-order valence-electron chi connectivity index (χ2n) is 7.96. The van der Waals surface area contributed by atoms with E-state index in [0.717, 1.165) is 0 Å². The van der Waals surface area contributed by atoms with Crippen LogP contribution in [0.3, 0.4) is 0 Å². The average Bonchev–Trinajstić information content (AvgIpc) is 2.54. The number of halogens is 1. The van der Waals surface area contributed by atoms with E-state index < -0.39 is 0 Å². The maximum absolute atomic E-state index is 9.01. The van der Waals surface area contributed by atoms with Gasteiger partial charge in [-0.2, -0.15) is 5.26 Å². The zero-order valence-corrected chi connectivity index (χ0v) is 15.8. The van der Waals surface area contributed by atoms with Crippen LogP contribution in [0.5, 0.6) is 5.75 Å². The van der Waals surface area contributed by atoms with Crippen molar-refractivity contribution in [2.45, 2.75) is 46.0 Å². The van der Waals surface area contributed by atoms with Gasteiger partial charge in [-0.1, -0.05) is 45.4 Å². The summed E-state index contributed by atoms with van der Waals surface area (Å²) in [7, 11) is 0. The van der Waals surface area contributed by atoms with Crippen molar-refractivity contribution in [2.75, 3.05) is 0 Å². The molecule has 1 aliphatic heterocycles. The molecule has 1 atom stereocenters. The molecule has 1 unspecified atom stereocenters. The fourth-order valence-corrected chi connectivity index (χ4v) is 4.97. The molecule has 1 fully saturated rings. The molecular formula is C20H24ClN3O. The summed E-state index contributed by atoms with van der Waals surface area (Å²) in [4.78, 5) is 2.21. The number of rotatable bonds is 3. The maximum atomic E-state index is 9.01. The number of ether oxygens (including phenoxy) is 1. The van der Waals surface area contributed by atoms with E-state index in [1.807, 2.05) is 18.2 Å². The molecule has 1 saturated carbocycles. The largest absolute Gasteiger partial charge is 0.489 e. The van der Waals surface area contributed by atoms with Gasteiger partial charge in [0.1, 0.15) is 17.9 Å². The lowest BCUT2D eigenvalue weighted by atomic mass is 9.48. The van der Waals surface area contributed by atoms with E-state index in [2.05, 4.69) is 44.9 Å². The van der Waals surface area contributed by atoms with E-state index in [1.54, 1.807) is 18.2 Å². The standard InChI is InChI=1S/C20H24ClN3O/c1-19(2)17(24-10-6-5-7-16(24)23)20(3,4)18(19)25-14-9-8-13(12-22)15(21)11-14/h5-11,16-18H,23H2,1-4H3. The van der Waals surface area contributed by atoms with Gasteiger partial charge in [0, 0.05) is 29.1 Å². The predicted octanol–water partition coefficient (Wildman–Crippen LogP) is 4.06. The number of nitriles is 1. The van der Waals surface area contributed by atoms with E-state index in [0.29, 0.717) is 16.3 Å². The van der Waals surface area contributed by atoms with Crippen LogP contribution in [0, 0.1) is 22.2 Å². The minimum atomic E-state index is -0.126. The van der Waals surface area contributed by atoms with E-state index in [9.17, 15) is 0 Å². The molecule has 1 heterocycles. The summed E-state index contributed by atoms with van der Waals surface area (Å²) >= 11 is 6.14. The monoisotopic (exact) mass is 357 g/mol. The molecule has 0 radical (unpaired) electrons. The van der Waals surface area contributed by atoms with Crippen LogP contribution in [0.1, 0.15) is 33.3 Å². The Balaban J connectivity index is 1.84. The Bertz CT molecular complexity index is 760. The molecule has 0 aromatic heterocycles. The SMILES string of the molecule is CC1(C)C(Oc2ccc(C#N)c(Cl)c2)C(C)(C)C1N1C=CC=CC1N. The number of hydrogen-bond donors (Lipinski definition) is 1. The first-order valence-electron chi connectivity index (χ1n) is 8.44. The smallest absolute Gasteiger partial charge is 0.121 e. The molecule has 5 heteroatoms. The minimum absolute atomic E-state index is 0.000471. The lowest BCUT2D eigenvalue weighted by molar-refractivity contribution is -0.204. The van der Waals surface area contributed by atoms with E-state index in [4.69, 9.17) is 27.3 Å². The van der Waals surface area contributed by atoms with Gasteiger partial charge < -0.3 is 15.4 Å². The molecule has 0 bridgehead atoms. The number of benzene rings is 1. The third kappa shape index (κ3) is 2.82. The van der Waals surface area contributed by atoms with Crippen molar-refractivity contribution in [3.63, 3.8) is 0 Å². The molecule has 4 nitrogen and oxygen atoms in total. The number of nitrogens with two attached hydrogens (primary N) is 1. The van der Waals surface area contributed by atoms with Crippen LogP contribution < -0.4 is 10.5 Å². The molecule has 0 spiro atoms. The van der Waals surface area contributed by atoms with Crippen molar-refractivity contribution >= 4 is 11.6 Å². The Labute approximate surface area is 154 Å². The molecule has 132 valence electrons. The molecule has 0 saturated heterocycles. The van der Waals surface area contributed by atoms with Gasteiger partial charge in [0.2, 0.25) is 0 Å². The molecular weight excluding hydrogens is 334 g/mol. The van der Waals surface area contributed by atoms with E-state index in [-0.39, 0.29) is 29.1 Å². The van der Waals surface area contributed by atoms with Crippen LogP contribution in [-0.4, -0.2) is 23.2 Å². The normalized spacial score (nSPS) is 29.0. The highest BCUT2D eigenvalue weighted by atomic mass is 35.5. The number of allylic oxidation sites excluding steroid dienone is 2. The quantitative estimate of drug-likeness (QED) is 0.885. The van der Waals surface area contributed by atoms with Gasteiger partial charge in [-0.3, -0.25) is 0 Å². The Kier molecular flexibility index (Phi) is 4.35. The van der Waals surface area contributed by atoms with Crippen LogP contribution in [0.2, 0.25) is 5.02 Å². The Hall–Kier alpha value is -1.96. The minimum Gasteiger partial charge on any atom is -0.489 e. The zero-order chi connectivity index (χ0) is 18.4. The van der Waals surface area contributed by atoms with Crippen LogP contribution in [0.15, 0.2) is 42.6 Å². The summed E-state index contributed by atoms with van der Waals surface area (Å²) in [6, 6.07) is 7.53. The van der Waals surface area contributed by atoms with Crippen molar-refractivity contribution in [3.05, 3.63) is 53.2 Å². The Morgan fingerprint density at radius 1 is 1.20 bits per heavy atom. The predicted molar refractivity (Wildman–Crippen MR) is 100 cm³/mol. The Morgan fingerprint density at radius 3 is 2.44 bits per heavy atom. The molecule has 3 rings (SSSR count). The van der Waals surface area contributed by atoms with Gasteiger partial charge in [-0.15, -0.1) is 0 Å². The van der Waals surface area contributed by atoms with E-state index in [1.165, 1.54) is 0 Å². The van der Waals surface area contributed by atoms with E-state index >= 15 is 0 Å². The zero-order valence-electron chi connectivity index (χ0n) is 15.0. The van der Waals surface area contributed by atoms with Crippen LogP contribution in [-0.2, 0) is 0 Å². The third-order valence-corrected chi connectivity index (χ3v) is 5.71. The summed E-state index contributed by atoms with van der Waals surface area (Å²) in [5.41, 5.74) is 6.53. The van der Waals surface area contributed by atoms with Crippen molar-refractivity contribution in [1.82, 2.24) is 4.90 Å². The fraction of sp³-hybridized carbons (Fsp3) is 0.450. The van der Waals surface area contributed by atoms with Crippen molar-refractivity contribution in [1.29, 1.82) is 5.26 Å². The first-order valence-corrected chi connectivity index (χ1v) is 8.81. The highest BCUT2D eigenvalue weighted by Gasteiger charge is 2.65. The Morgan fingerprint density at radius 2 is 1.88 bits per heavy atom. The van der Waals surface area contributed by atoms with Gasteiger partial charge >= 0.3 is 0 Å². The van der Waals surface area contributed by atoms with Crippen LogP contribution >= 0.6 is 11.6 Å². The summed E-state index contributed by atoms with van der Waals surface area (Å²) in [6.07, 6.45) is 7.93. The molecule has 2 aliphatic rings. The summed E-state index contributed by atoms with van der Waals surface area (Å²) in [6.45, 7) is 8.82. The van der Waals surface area contributed by atoms with Crippen molar-refractivity contribution < 1.29 is 4.74 Å². The lowest BCUT2D eigenvalue weighted by Gasteiger charge is -2.66. The second kappa shape index (κ2) is 6.09. The maximum Gasteiger partial charge on any atom is 0.121 e. The molecule has 25 heavy (non-hydrogen) atoms. The topological polar surface area (TPSA) is 62.3 Å². The van der Waals surface area contributed by atoms with Crippen LogP contribution in [0.4, 0.5) is 0 Å². The molecule has 1 aromatic rings. The molecule has 1 aromatic carbocycles. The lowest BCUT2D eigenvalue weighted by Crippen LogP contribution is -2.75. The average molecular weight is 358 g/mol. The third-order valence-electron chi connectivity index (χ3n) is 5.40. The number of hydrogen-bond acceptors (Lipinski definition) is 4. The molecule has 2 N–H and O–H groups in total. The molecule has 1 aliphatic carbocycles. The first-order chi connectivity index (χ1) is 11.7. The summed E-state index contributed by atoms with van der Waals surface area (Å²) < 4.78 is 6.31. The van der Waals surface area contributed by atoms with Gasteiger partial charge in [0.15, 0.2) is 0 Å². The fourth-order valence-electron chi connectivity index (χ4n) is 4.76. The van der Waals surface area contributed by atoms with Gasteiger partial charge in [-0.25, -0.2) is 0 Å². The highest BCUT2D eigenvalue weighted by Crippen LogP contribution is 2.58.